The molecule has 0 aromatic heterocycles. The first kappa shape index (κ1) is 14.6. The fourth-order valence-electron chi connectivity index (χ4n) is 0.530. The zero-order chi connectivity index (χ0) is 10.4. The Morgan fingerprint density at radius 3 is 1.50 bits per heavy atom. The first-order chi connectivity index (χ1) is 5.06. The average Bonchev–Trinajstić information content (AvgIpc) is 1.54. The molecule has 0 unspecified atom stereocenters. The van der Waals surface area contributed by atoms with Crippen LogP contribution in [-0.4, -0.2) is 26.8 Å². The molecule has 0 aliphatic heterocycles. The maximum Gasteiger partial charge on any atom is 0.466 e. The van der Waals surface area contributed by atoms with Gasteiger partial charge in [0.1, 0.15) is 0 Å². The van der Waals surface area contributed by atoms with Gasteiger partial charge < -0.3 is 20.0 Å². The van der Waals surface area contributed by atoms with Gasteiger partial charge in [0.05, 0.1) is 0 Å². The van der Waals surface area contributed by atoms with Crippen LogP contribution in [0.3, 0.4) is 0 Å². The first-order valence-corrected chi connectivity index (χ1v) is 5.16. The summed E-state index contributed by atoms with van der Waals surface area (Å²) in [5.74, 6) is 0. The number of hydrogen-bond acceptors (Lipinski definition) is 2. The summed E-state index contributed by atoms with van der Waals surface area (Å²) in [6.45, 7) is 9.66. The fraction of sp³-hybridized carbons (Fsp3) is 1.00. The van der Waals surface area contributed by atoms with Crippen LogP contribution in [0.5, 0.6) is 0 Å². The van der Waals surface area contributed by atoms with Gasteiger partial charge in [-0.05, 0) is 27.3 Å². The lowest BCUT2D eigenvalue weighted by atomic mass is 10.1. The maximum absolute atomic E-state index is 8.88. The summed E-state index contributed by atoms with van der Waals surface area (Å²) < 4.78 is 8.88. The van der Waals surface area contributed by atoms with Crippen LogP contribution in [0.15, 0.2) is 0 Å². The summed E-state index contributed by atoms with van der Waals surface area (Å²) in [5.41, 5.74) is 0.300. The summed E-state index contributed by atoms with van der Waals surface area (Å²) in [4.78, 5) is 21.6. The molecule has 0 aliphatic rings. The molecule has 0 bridgehead atoms. The lowest BCUT2D eigenvalue weighted by molar-refractivity contribution is 0.275. The lowest BCUT2D eigenvalue weighted by Gasteiger charge is -2.18. The van der Waals surface area contributed by atoms with Gasteiger partial charge in [-0.2, -0.15) is 0 Å². The molecule has 0 saturated heterocycles. The van der Waals surface area contributed by atoms with Crippen molar-refractivity contribution >= 4 is 7.82 Å². The second-order valence-corrected chi connectivity index (χ2v) is 4.32. The number of nitrogens with one attached hydrogen (secondary N) is 1. The Kier molecular flexibility index (Phi) is 6.89. The van der Waals surface area contributed by atoms with Gasteiger partial charge in [-0.1, -0.05) is 6.92 Å². The van der Waals surface area contributed by atoms with Crippen LogP contribution < -0.4 is 5.32 Å². The van der Waals surface area contributed by atoms with E-state index in [1.165, 1.54) is 0 Å². The topological polar surface area (TPSA) is 89.8 Å². The van der Waals surface area contributed by atoms with Crippen molar-refractivity contribution in [3.05, 3.63) is 0 Å². The van der Waals surface area contributed by atoms with E-state index in [2.05, 4.69) is 33.0 Å². The SMILES string of the molecule is CCNC(C)(C)C.O=P(O)(O)O. The summed E-state index contributed by atoms with van der Waals surface area (Å²) in [6, 6.07) is 0. The normalized spacial score (nSPS) is 11.9. The maximum atomic E-state index is 8.88. The predicted octanol–water partition coefficient (Wildman–Crippen LogP) is 0.466. The molecule has 0 heterocycles. The molecule has 0 aromatic rings. The molecular formula is C6H18NO4P. The Morgan fingerprint density at radius 2 is 1.50 bits per heavy atom. The molecule has 0 atom stereocenters. The highest BCUT2D eigenvalue weighted by Crippen LogP contribution is 2.25. The number of rotatable bonds is 1. The quantitative estimate of drug-likeness (QED) is 0.461. The largest absolute Gasteiger partial charge is 0.466 e. The molecule has 4 N–H and O–H groups in total. The van der Waals surface area contributed by atoms with Gasteiger partial charge in [-0.3, -0.25) is 0 Å². The van der Waals surface area contributed by atoms with E-state index >= 15 is 0 Å². The minimum Gasteiger partial charge on any atom is -0.312 e. The molecule has 0 rings (SSSR count). The van der Waals surface area contributed by atoms with Crippen LogP contribution in [0.2, 0.25) is 0 Å². The van der Waals surface area contributed by atoms with Crippen LogP contribution >= 0.6 is 7.82 Å². The van der Waals surface area contributed by atoms with Gasteiger partial charge in [0.15, 0.2) is 0 Å². The average molecular weight is 199 g/mol. The summed E-state index contributed by atoms with van der Waals surface area (Å²) in [7, 11) is -4.64. The van der Waals surface area contributed by atoms with Crippen molar-refractivity contribution in [1.82, 2.24) is 5.32 Å². The van der Waals surface area contributed by atoms with E-state index in [1.54, 1.807) is 0 Å². The molecule has 76 valence electrons. The Balaban J connectivity index is 0. The van der Waals surface area contributed by atoms with Gasteiger partial charge in [0.2, 0.25) is 0 Å². The molecule has 12 heavy (non-hydrogen) atoms. The second kappa shape index (κ2) is 5.67. The van der Waals surface area contributed by atoms with Crippen molar-refractivity contribution in [2.75, 3.05) is 6.54 Å². The third-order valence-electron chi connectivity index (χ3n) is 0.707. The molecular weight excluding hydrogens is 181 g/mol. The molecule has 0 aliphatic carbocycles. The summed E-state index contributed by atoms with van der Waals surface area (Å²) >= 11 is 0. The van der Waals surface area contributed by atoms with Crippen molar-refractivity contribution in [1.29, 1.82) is 0 Å². The smallest absolute Gasteiger partial charge is 0.312 e. The Morgan fingerprint density at radius 1 is 1.25 bits per heavy atom. The Hall–Kier alpha value is 0.0700. The molecule has 0 aromatic carbocycles. The summed E-state index contributed by atoms with van der Waals surface area (Å²) in [5, 5.41) is 3.28. The summed E-state index contributed by atoms with van der Waals surface area (Å²) in [6.07, 6.45) is 0. The van der Waals surface area contributed by atoms with Gasteiger partial charge in [0, 0.05) is 5.54 Å². The van der Waals surface area contributed by atoms with Gasteiger partial charge in [-0.25, -0.2) is 4.57 Å². The van der Waals surface area contributed by atoms with E-state index in [0.29, 0.717) is 5.54 Å². The monoisotopic (exact) mass is 199 g/mol. The van der Waals surface area contributed by atoms with Crippen LogP contribution in [-0.2, 0) is 4.57 Å². The third-order valence-corrected chi connectivity index (χ3v) is 0.707. The minimum atomic E-state index is -4.64. The molecule has 0 spiro atoms. The lowest BCUT2D eigenvalue weighted by Crippen LogP contribution is -2.35. The van der Waals surface area contributed by atoms with Crippen molar-refractivity contribution in [2.45, 2.75) is 33.2 Å². The zero-order valence-electron chi connectivity index (χ0n) is 7.90. The number of phosphoric acid groups is 1. The van der Waals surface area contributed by atoms with Crippen molar-refractivity contribution < 1.29 is 19.2 Å². The zero-order valence-corrected chi connectivity index (χ0v) is 8.80. The third kappa shape index (κ3) is 50.0. The molecule has 6 heteroatoms. The van der Waals surface area contributed by atoms with Gasteiger partial charge >= 0.3 is 7.82 Å². The van der Waals surface area contributed by atoms with Crippen molar-refractivity contribution in [3.8, 4) is 0 Å². The minimum absolute atomic E-state index is 0.300. The predicted molar refractivity (Wildman–Crippen MR) is 47.7 cm³/mol. The molecule has 0 saturated carbocycles. The van der Waals surface area contributed by atoms with E-state index in [1.807, 2.05) is 0 Å². The molecule has 0 amide bonds. The van der Waals surface area contributed by atoms with E-state index in [0.717, 1.165) is 6.54 Å². The highest BCUT2D eigenvalue weighted by atomic mass is 31.2. The van der Waals surface area contributed by atoms with E-state index < -0.39 is 7.82 Å². The van der Waals surface area contributed by atoms with Gasteiger partial charge in [0.25, 0.3) is 0 Å². The Bertz CT molecular complexity index is 140. The standard InChI is InChI=1S/C6H15N.H3O4P/c1-5-7-6(2,3)4;1-5(2,3)4/h7H,5H2,1-4H3;(H3,1,2,3,4). The van der Waals surface area contributed by atoms with Crippen LogP contribution in [0.25, 0.3) is 0 Å². The molecule has 0 radical (unpaired) electrons. The van der Waals surface area contributed by atoms with Crippen LogP contribution in [0.1, 0.15) is 27.7 Å². The van der Waals surface area contributed by atoms with E-state index in [-0.39, 0.29) is 0 Å². The van der Waals surface area contributed by atoms with Gasteiger partial charge in [-0.15, -0.1) is 0 Å². The highest BCUT2D eigenvalue weighted by Gasteiger charge is 2.04. The molecule has 5 nitrogen and oxygen atoms in total. The highest BCUT2D eigenvalue weighted by molar-refractivity contribution is 7.45. The first-order valence-electron chi connectivity index (χ1n) is 3.59. The number of hydrogen-bond donors (Lipinski definition) is 4. The van der Waals surface area contributed by atoms with E-state index in [4.69, 9.17) is 19.2 Å². The van der Waals surface area contributed by atoms with Crippen molar-refractivity contribution in [2.24, 2.45) is 0 Å². The second-order valence-electron chi connectivity index (χ2n) is 3.29. The molecule has 0 fully saturated rings. The van der Waals surface area contributed by atoms with Crippen LogP contribution in [0, 0.1) is 0 Å². The fourth-order valence-corrected chi connectivity index (χ4v) is 0.530. The van der Waals surface area contributed by atoms with Crippen molar-refractivity contribution in [3.63, 3.8) is 0 Å². The Labute approximate surface area is 73.1 Å². The van der Waals surface area contributed by atoms with Crippen LogP contribution in [0.4, 0.5) is 0 Å². The van der Waals surface area contributed by atoms with E-state index in [9.17, 15) is 0 Å².